The van der Waals surface area contributed by atoms with Crippen LogP contribution in [0.2, 0.25) is 0 Å². The summed E-state index contributed by atoms with van der Waals surface area (Å²) in [7, 11) is 0.573. The van der Waals surface area contributed by atoms with Gasteiger partial charge in [-0.1, -0.05) is 0 Å². The Bertz CT molecular complexity index is 802. The van der Waals surface area contributed by atoms with E-state index in [9.17, 15) is 49.1 Å². The average Bonchev–Trinajstić information content (AvgIpc) is 2.51. The molecule has 0 saturated heterocycles. The molecule has 1 aromatic carbocycles. The van der Waals surface area contributed by atoms with Gasteiger partial charge in [-0.25, -0.2) is 0 Å². The van der Waals surface area contributed by atoms with Gasteiger partial charge in [0, 0.05) is 26.0 Å². The second kappa shape index (κ2) is 7.63. The van der Waals surface area contributed by atoms with Crippen LogP contribution in [0.4, 0.5) is 39.5 Å². The van der Waals surface area contributed by atoms with Crippen LogP contribution in [-0.2, 0) is 15.5 Å². The van der Waals surface area contributed by atoms with E-state index in [1.807, 2.05) is 0 Å². The largest absolute Gasteiger partial charge is 0.496 e. The SMILES string of the molecule is COc1cc(OC(C)=O)cc(OC(C)=O)c1C(F)(F)C(F)(F)C(F)(F)C(F)(F)F. The maximum atomic E-state index is 14.4. The van der Waals surface area contributed by atoms with Crippen LogP contribution in [0.15, 0.2) is 12.1 Å². The molecular weight excluding hydrogens is 431 g/mol. The summed E-state index contributed by atoms with van der Waals surface area (Å²) in [6, 6.07) is 0.579. The van der Waals surface area contributed by atoms with Crippen molar-refractivity contribution in [1.82, 2.24) is 0 Å². The molecule has 164 valence electrons. The smallest absolute Gasteiger partial charge is 0.460 e. The Morgan fingerprint density at radius 3 is 1.59 bits per heavy atom. The molecular formula is C15H11F9O5. The third kappa shape index (κ3) is 4.34. The normalized spacial score (nSPS) is 13.1. The first-order valence-electron chi connectivity index (χ1n) is 7.19. The Balaban J connectivity index is 3.84. The Labute approximate surface area is 156 Å². The molecule has 1 aromatic rings. The number of benzene rings is 1. The highest BCUT2D eigenvalue weighted by Crippen LogP contribution is 2.59. The topological polar surface area (TPSA) is 61.8 Å². The highest BCUT2D eigenvalue weighted by molar-refractivity contribution is 5.73. The number of rotatable bonds is 6. The summed E-state index contributed by atoms with van der Waals surface area (Å²) in [5.41, 5.74) is -2.29. The number of methoxy groups -OCH3 is 1. The maximum Gasteiger partial charge on any atom is 0.460 e. The molecule has 0 aromatic heterocycles. The van der Waals surface area contributed by atoms with Crippen LogP contribution in [0.25, 0.3) is 0 Å². The molecule has 0 bridgehead atoms. The first-order valence-corrected chi connectivity index (χ1v) is 7.19. The first kappa shape index (κ1) is 24.4. The van der Waals surface area contributed by atoms with Crippen LogP contribution in [0.1, 0.15) is 19.4 Å². The zero-order valence-corrected chi connectivity index (χ0v) is 14.6. The minimum atomic E-state index is -7.18. The van der Waals surface area contributed by atoms with E-state index >= 15 is 0 Å². The lowest BCUT2D eigenvalue weighted by Gasteiger charge is -2.34. The summed E-state index contributed by atoms with van der Waals surface area (Å²) < 4.78 is 133. The maximum absolute atomic E-state index is 14.4. The zero-order valence-electron chi connectivity index (χ0n) is 14.6. The molecule has 0 fully saturated rings. The molecule has 0 aliphatic heterocycles. The van der Waals surface area contributed by atoms with E-state index in [2.05, 4.69) is 14.2 Å². The van der Waals surface area contributed by atoms with Gasteiger partial charge in [0.1, 0.15) is 22.8 Å². The molecule has 0 aliphatic carbocycles. The molecule has 0 spiro atoms. The molecule has 29 heavy (non-hydrogen) atoms. The minimum absolute atomic E-state index is 0.246. The average molecular weight is 442 g/mol. The van der Waals surface area contributed by atoms with E-state index < -0.39 is 58.7 Å². The standard InChI is InChI=1S/C15H11F9O5/c1-6(25)28-8-4-9(27-3)11(10(5-8)29-7(2)26)12(16,17)13(18,19)14(20,21)15(22,23)24/h4-5H,1-3H3. The molecule has 0 heterocycles. The summed E-state index contributed by atoms with van der Waals surface area (Å²) in [4.78, 5) is 22.1. The van der Waals surface area contributed by atoms with E-state index in [0.717, 1.165) is 6.92 Å². The number of hydrogen-bond acceptors (Lipinski definition) is 5. The van der Waals surface area contributed by atoms with Crippen molar-refractivity contribution in [3.05, 3.63) is 17.7 Å². The quantitative estimate of drug-likeness (QED) is 0.370. The van der Waals surface area contributed by atoms with Gasteiger partial charge >= 0.3 is 35.9 Å². The minimum Gasteiger partial charge on any atom is -0.496 e. The van der Waals surface area contributed by atoms with E-state index in [4.69, 9.17) is 0 Å². The summed E-state index contributed by atoms with van der Waals surface area (Å²) in [5.74, 6) is -26.7. The van der Waals surface area contributed by atoms with Gasteiger partial charge in [0.05, 0.1) is 7.11 Å². The molecule has 0 atom stereocenters. The van der Waals surface area contributed by atoms with E-state index in [0.29, 0.717) is 20.1 Å². The molecule has 0 N–H and O–H groups in total. The third-order valence-electron chi connectivity index (χ3n) is 3.23. The molecule has 1 rings (SSSR count). The third-order valence-corrected chi connectivity index (χ3v) is 3.23. The van der Waals surface area contributed by atoms with E-state index in [1.54, 1.807) is 0 Å². The zero-order chi connectivity index (χ0) is 23.0. The summed E-state index contributed by atoms with van der Waals surface area (Å²) in [6.07, 6.45) is -7.05. The van der Waals surface area contributed by atoms with Crippen LogP contribution >= 0.6 is 0 Å². The van der Waals surface area contributed by atoms with Crippen LogP contribution in [0.3, 0.4) is 0 Å². The number of halogens is 9. The Morgan fingerprint density at radius 2 is 1.21 bits per heavy atom. The molecule has 0 amide bonds. The number of ether oxygens (including phenoxy) is 3. The number of hydrogen-bond donors (Lipinski definition) is 0. The molecule has 0 radical (unpaired) electrons. The van der Waals surface area contributed by atoms with Crippen molar-refractivity contribution in [2.45, 2.75) is 37.8 Å². The highest BCUT2D eigenvalue weighted by Gasteiger charge is 2.82. The van der Waals surface area contributed by atoms with Crippen molar-refractivity contribution < 1.29 is 63.3 Å². The van der Waals surface area contributed by atoms with E-state index in [1.165, 1.54) is 0 Å². The van der Waals surface area contributed by atoms with Gasteiger partial charge in [0.25, 0.3) is 0 Å². The molecule has 0 unspecified atom stereocenters. The van der Waals surface area contributed by atoms with Gasteiger partial charge in [0.15, 0.2) is 0 Å². The van der Waals surface area contributed by atoms with Crippen molar-refractivity contribution in [2.24, 2.45) is 0 Å². The fraction of sp³-hybridized carbons (Fsp3) is 0.467. The van der Waals surface area contributed by atoms with E-state index in [-0.39, 0.29) is 6.07 Å². The second-order valence-electron chi connectivity index (χ2n) is 5.41. The van der Waals surface area contributed by atoms with Gasteiger partial charge in [-0.3, -0.25) is 9.59 Å². The van der Waals surface area contributed by atoms with Gasteiger partial charge in [-0.15, -0.1) is 0 Å². The van der Waals surface area contributed by atoms with Gasteiger partial charge < -0.3 is 14.2 Å². The summed E-state index contributed by atoms with van der Waals surface area (Å²) in [6.45, 7) is 1.42. The van der Waals surface area contributed by atoms with Crippen LogP contribution < -0.4 is 14.2 Å². The number of carbonyl (C=O) groups is 2. The van der Waals surface area contributed by atoms with Crippen molar-refractivity contribution >= 4 is 11.9 Å². The Morgan fingerprint density at radius 1 is 0.759 bits per heavy atom. The number of alkyl halides is 9. The van der Waals surface area contributed by atoms with Crippen molar-refractivity contribution in [2.75, 3.05) is 7.11 Å². The van der Waals surface area contributed by atoms with Crippen LogP contribution in [-0.4, -0.2) is 37.1 Å². The molecule has 5 nitrogen and oxygen atoms in total. The molecule has 0 aliphatic rings. The lowest BCUT2D eigenvalue weighted by Crippen LogP contribution is -2.59. The van der Waals surface area contributed by atoms with Crippen LogP contribution in [0.5, 0.6) is 17.2 Å². The fourth-order valence-electron chi connectivity index (χ4n) is 2.03. The monoisotopic (exact) mass is 442 g/mol. The van der Waals surface area contributed by atoms with Gasteiger partial charge in [0.2, 0.25) is 0 Å². The highest BCUT2D eigenvalue weighted by atomic mass is 19.4. The second-order valence-corrected chi connectivity index (χ2v) is 5.41. The predicted molar refractivity (Wildman–Crippen MR) is 75.5 cm³/mol. The van der Waals surface area contributed by atoms with Gasteiger partial charge in [-0.05, 0) is 0 Å². The fourth-order valence-corrected chi connectivity index (χ4v) is 2.03. The summed E-state index contributed by atoms with van der Waals surface area (Å²) >= 11 is 0. The predicted octanol–water partition coefficient (Wildman–Crippen LogP) is 4.47. The summed E-state index contributed by atoms with van der Waals surface area (Å²) in [5, 5.41) is 0. The van der Waals surface area contributed by atoms with Crippen molar-refractivity contribution in [3.63, 3.8) is 0 Å². The van der Waals surface area contributed by atoms with Crippen LogP contribution in [0, 0.1) is 0 Å². The van der Waals surface area contributed by atoms with Gasteiger partial charge in [-0.2, -0.15) is 39.5 Å². The number of esters is 2. The van der Waals surface area contributed by atoms with Crippen molar-refractivity contribution in [3.8, 4) is 17.2 Å². The number of carbonyl (C=O) groups excluding carboxylic acids is 2. The lowest BCUT2D eigenvalue weighted by molar-refractivity contribution is -0.399. The molecule has 0 saturated carbocycles. The Hall–Kier alpha value is -2.67. The molecule has 14 heteroatoms. The Kier molecular flexibility index (Phi) is 6.41. The van der Waals surface area contributed by atoms with Crippen molar-refractivity contribution in [1.29, 1.82) is 0 Å². The first-order chi connectivity index (χ1) is 12.9. The lowest BCUT2D eigenvalue weighted by atomic mass is 9.95.